The largest absolute Gasteiger partial charge is 0.356 e. The van der Waals surface area contributed by atoms with E-state index in [4.69, 9.17) is 4.74 Å². The number of hydrogen-bond donors (Lipinski definition) is 1. The smallest absolute Gasteiger partial charge is 0.150 e. The van der Waals surface area contributed by atoms with Crippen LogP contribution in [0, 0.1) is 0 Å². The molecule has 7 heteroatoms. The number of fused-ring (bicyclic) bond motifs is 2. The van der Waals surface area contributed by atoms with E-state index in [0.29, 0.717) is 0 Å². The molecule has 2 aromatic heterocycles. The monoisotopic (exact) mass is 476 g/mol. The molecule has 0 bridgehead atoms. The van der Waals surface area contributed by atoms with Gasteiger partial charge in [0.05, 0.1) is 23.4 Å². The van der Waals surface area contributed by atoms with Crippen molar-refractivity contribution in [3.63, 3.8) is 0 Å². The second-order valence-corrected chi connectivity index (χ2v) is 8.05. The minimum Gasteiger partial charge on any atom is -0.356 e. The average Bonchev–Trinajstić information content (AvgIpc) is 3.28. The van der Waals surface area contributed by atoms with Gasteiger partial charge in [0.1, 0.15) is 0 Å². The third-order valence-electron chi connectivity index (χ3n) is 4.39. The summed E-state index contributed by atoms with van der Waals surface area (Å²) in [5.74, 6) is 0. The molecule has 1 N–H and O–H groups in total. The molecule has 4 aromatic rings. The fourth-order valence-electron chi connectivity index (χ4n) is 3.08. The molecule has 0 saturated carbocycles. The fourth-order valence-corrected chi connectivity index (χ4v) is 3.84. The number of ether oxygens (including phenoxy) is 1. The SMILES string of the molecule is Brc1ccc2[nH]ncc2c1.Brc1ccc2c(cnn2C2CCCCO2)c1. The molecule has 1 aliphatic rings. The van der Waals surface area contributed by atoms with Gasteiger partial charge < -0.3 is 4.74 Å². The molecule has 1 fully saturated rings. The molecule has 5 nitrogen and oxygen atoms in total. The van der Waals surface area contributed by atoms with Crippen molar-refractivity contribution < 1.29 is 4.74 Å². The van der Waals surface area contributed by atoms with E-state index in [1.807, 2.05) is 35.1 Å². The summed E-state index contributed by atoms with van der Waals surface area (Å²) >= 11 is 6.84. The lowest BCUT2D eigenvalue weighted by Crippen LogP contribution is -2.18. The highest BCUT2D eigenvalue weighted by molar-refractivity contribution is 9.10. The fraction of sp³-hybridized carbons (Fsp3) is 0.263. The lowest BCUT2D eigenvalue weighted by Gasteiger charge is -2.23. The Morgan fingerprint density at radius 1 is 1.00 bits per heavy atom. The molecule has 1 aliphatic heterocycles. The summed E-state index contributed by atoms with van der Waals surface area (Å²) in [6, 6.07) is 12.2. The Hall–Kier alpha value is -1.70. The first-order valence-electron chi connectivity index (χ1n) is 8.54. The Morgan fingerprint density at radius 3 is 2.62 bits per heavy atom. The Balaban J connectivity index is 0.000000144. The minimum absolute atomic E-state index is 0.118. The van der Waals surface area contributed by atoms with E-state index in [9.17, 15) is 0 Å². The number of benzene rings is 2. The summed E-state index contributed by atoms with van der Waals surface area (Å²) < 4.78 is 9.92. The van der Waals surface area contributed by atoms with Crippen molar-refractivity contribution in [2.75, 3.05) is 6.61 Å². The summed E-state index contributed by atoms with van der Waals surface area (Å²) in [6.07, 6.45) is 7.28. The van der Waals surface area contributed by atoms with Crippen LogP contribution in [0.5, 0.6) is 0 Å². The van der Waals surface area contributed by atoms with Crippen LogP contribution in [0.3, 0.4) is 0 Å². The third-order valence-corrected chi connectivity index (χ3v) is 5.37. The molecule has 0 spiro atoms. The maximum Gasteiger partial charge on any atom is 0.150 e. The van der Waals surface area contributed by atoms with E-state index in [1.165, 1.54) is 12.8 Å². The second-order valence-electron chi connectivity index (χ2n) is 6.22. The summed E-state index contributed by atoms with van der Waals surface area (Å²) in [4.78, 5) is 0. The van der Waals surface area contributed by atoms with Crippen LogP contribution in [0.1, 0.15) is 25.5 Å². The van der Waals surface area contributed by atoms with Gasteiger partial charge in [0.2, 0.25) is 0 Å². The van der Waals surface area contributed by atoms with E-state index in [2.05, 4.69) is 59.3 Å². The summed E-state index contributed by atoms with van der Waals surface area (Å²) in [5, 5.41) is 13.5. The maximum atomic E-state index is 5.75. The van der Waals surface area contributed by atoms with E-state index in [0.717, 1.165) is 43.8 Å². The molecule has 134 valence electrons. The Morgan fingerprint density at radius 2 is 1.81 bits per heavy atom. The van der Waals surface area contributed by atoms with Crippen LogP contribution in [0.2, 0.25) is 0 Å². The normalized spacial score (nSPS) is 17.2. The summed E-state index contributed by atoms with van der Waals surface area (Å²) in [5.41, 5.74) is 2.22. The lowest BCUT2D eigenvalue weighted by molar-refractivity contribution is -0.0366. The predicted molar refractivity (Wildman–Crippen MR) is 110 cm³/mol. The zero-order chi connectivity index (χ0) is 17.9. The van der Waals surface area contributed by atoms with Crippen LogP contribution in [0.25, 0.3) is 21.8 Å². The highest BCUT2D eigenvalue weighted by Gasteiger charge is 2.18. The van der Waals surface area contributed by atoms with Gasteiger partial charge in [-0.3, -0.25) is 5.10 Å². The van der Waals surface area contributed by atoms with E-state index in [1.54, 1.807) is 6.20 Å². The van der Waals surface area contributed by atoms with Crippen LogP contribution in [-0.2, 0) is 4.74 Å². The standard InChI is InChI=1S/C12H13BrN2O.C7H5BrN2/c13-10-4-5-11-9(7-10)8-14-15(11)12-3-1-2-6-16-12;8-6-1-2-7-5(3-6)4-9-10-7/h4-5,7-8,12H,1-3,6H2;1-4H,(H,9,10). The van der Waals surface area contributed by atoms with Crippen molar-refractivity contribution in [3.8, 4) is 0 Å². The number of hydrogen-bond acceptors (Lipinski definition) is 3. The molecule has 0 radical (unpaired) electrons. The highest BCUT2D eigenvalue weighted by atomic mass is 79.9. The zero-order valence-electron chi connectivity index (χ0n) is 14.0. The van der Waals surface area contributed by atoms with Crippen molar-refractivity contribution in [3.05, 3.63) is 57.7 Å². The van der Waals surface area contributed by atoms with Crippen LogP contribution < -0.4 is 0 Å². The van der Waals surface area contributed by atoms with Crippen molar-refractivity contribution in [1.82, 2.24) is 20.0 Å². The molecular formula is C19H18Br2N4O. The molecule has 3 heterocycles. The number of H-pyrrole nitrogens is 1. The molecule has 1 unspecified atom stereocenters. The number of nitrogens with one attached hydrogen (secondary N) is 1. The average molecular weight is 478 g/mol. The summed E-state index contributed by atoms with van der Waals surface area (Å²) in [7, 11) is 0. The summed E-state index contributed by atoms with van der Waals surface area (Å²) in [6.45, 7) is 0.850. The minimum atomic E-state index is 0.118. The van der Waals surface area contributed by atoms with Gasteiger partial charge >= 0.3 is 0 Å². The molecular weight excluding hydrogens is 460 g/mol. The van der Waals surface area contributed by atoms with E-state index < -0.39 is 0 Å². The third kappa shape index (κ3) is 3.84. The molecule has 5 rings (SSSR count). The van der Waals surface area contributed by atoms with Gasteiger partial charge in [0, 0.05) is 26.3 Å². The van der Waals surface area contributed by atoms with Crippen LogP contribution in [0.4, 0.5) is 0 Å². The van der Waals surface area contributed by atoms with Gasteiger partial charge in [-0.25, -0.2) is 4.68 Å². The van der Waals surface area contributed by atoms with Gasteiger partial charge in [0.15, 0.2) is 6.23 Å². The topological polar surface area (TPSA) is 55.7 Å². The van der Waals surface area contributed by atoms with Crippen molar-refractivity contribution in [2.45, 2.75) is 25.5 Å². The van der Waals surface area contributed by atoms with Crippen molar-refractivity contribution >= 4 is 53.7 Å². The molecule has 2 aromatic carbocycles. The van der Waals surface area contributed by atoms with Crippen molar-refractivity contribution in [1.29, 1.82) is 0 Å². The Bertz CT molecular complexity index is 1020. The number of nitrogens with zero attached hydrogens (tertiary/aromatic N) is 3. The maximum absolute atomic E-state index is 5.75. The van der Waals surface area contributed by atoms with Gasteiger partial charge in [-0.2, -0.15) is 10.2 Å². The number of aromatic nitrogens is 4. The highest BCUT2D eigenvalue weighted by Crippen LogP contribution is 2.27. The first kappa shape index (κ1) is 17.7. The van der Waals surface area contributed by atoms with Crippen LogP contribution >= 0.6 is 31.9 Å². The zero-order valence-corrected chi connectivity index (χ0v) is 17.2. The van der Waals surface area contributed by atoms with Crippen LogP contribution in [0.15, 0.2) is 57.7 Å². The first-order chi connectivity index (χ1) is 12.7. The van der Waals surface area contributed by atoms with Gasteiger partial charge in [-0.15, -0.1) is 0 Å². The quantitative estimate of drug-likeness (QED) is 0.375. The molecule has 1 atom stereocenters. The van der Waals surface area contributed by atoms with Gasteiger partial charge in [-0.1, -0.05) is 31.9 Å². The predicted octanol–water partition coefficient (Wildman–Crippen LogP) is 5.82. The first-order valence-corrected chi connectivity index (χ1v) is 10.1. The number of rotatable bonds is 1. The lowest BCUT2D eigenvalue weighted by atomic mass is 10.2. The Kier molecular flexibility index (Phi) is 5.38. The number of aromatic amines is 1. The van der Waals surface area contributed by atoms with Crippen molar-refractivity contribution in [2.24, 2.45) is 0 Å². The molecule has 0 amide bonds. The molecule has 26 heavy (non-hydrogen) atoms. The Labute approximate surface area is 168 Å². The molecule has 1 saturated heterocycles. The second kappa shape index (κ2) is 7.90. The van der Waals surface area contributed by atoms with Gasteiger partial charge in [-0.05, 0) is 55.7 Å². The van der Waals surface area contributed by atoms with E-state index >= 15 is 0 Å². The van der Waals surface area contributed by atoms with Crippen LogP contribution in [-0.4, -0.2) is 26.6 Å². The van der Waals surface area contributed by atoms with E-state index in [-0.39, 0.29) is 6.23 Å². The number of halogens is 2. The van der Waals surface area contributed by atoms with Gasteiger partial charge in [0.25, 0.3) is 0 Å². The molecule has 0 aliphatic carbocycles.